The minimum absolute atomic E-state index is 0.0455. The predicted molar refractivity (Wildman–Crippen MR) is 97.9 cm³/mol. The SMILES string of the molecule is N#Cc1ccc(-c2ccccn2)nc1SCC(=O)Nc1cccc(F)c1. The maximum absolute atomic E-state index is 13.2. The minimum Gasteiger partial charge on any atom is -0.325 e. The van der Waals surface area contributed by atoms with E-state index in [4.69, 9.17) is 0 Å². The number of amides is 1. The van der Waals surface area contributed by atoms with Crippen LogP contribution in [0.15, 0.2) is 65.8 Å². The summed E-state index contributed by atoms with van der Waals surface area (Å²) >= 11 is 1.14. The number of benzene rings is 1. The molecule has 1 amide bonds. The molecule has 5 nitrogen and oxygen atoms in total. The van der Waals surface area contributed by atoms with Gasteiger partial charge in [0.1, 0.15) is 16.9 Å². The molecule has 0 saturated carbocycles. The second-order valence-electron chi connectivity index (χ2n) is 5.22. The van der Waals surface area contributed by atoms with Gasteiger partial charge in [-0.25, -0.2) is 9.37 Å². The number of hydrogen-bond donors (Lipinski definition) is 1. The van der Waals surface area contributed by atoms with Gasteiger partial charge in [0.25, 0.3) is 0 Å². The molecule has 0 aliphatic heterocycles. The highest BCUT2D eigenvalue weighted by atomic mass is 32.2. The zero-order chi connectivity index (χ0) is 18.4. The lowest BCUT2D eigenvalue weighted by molar-refractivity contribution is -0.113. The maximum Gasteiger partial charge on any atom is 0.234 e. The zero-order valence-corrected chi connectivity index (χ0v) is 14.3. The Morgan fingerprint density at radius 2 is 2.04 bits per heavy atom. The van der Waals surface area contributed by atoms with Gasteiger partial charge in [0.15, 0.2) is 0 Å². The van der Waals surface area contributed by atoms with Gasteiger partial charge < -0.3 is 5.32 Å². The van der Waals surface area contributed by atoms with E-state index in [1.165, 1.54) is 18.2 Å². The average molecular weight is 364 g/mol. The van der Waals surface area contributed by atoms with E-state index in [2.05, 4.69) is 21.4 Å². The van der Waals surface area contributed by atoms with Gasteiger partial charge in [-0.2, -0.15) is 5.26 Å². The zero-order valence-electron chi connectivity index (χ0n) is 13.5. The third kappa shape index (κ3) is 4.43. The first-order valence-corrected chi connectivity index (χ1v) is 8.65. The van der Waals surface area contributed by atoms with Crippen LogP contribution in [-0.2, 0) is 4.79 Å². The van der Waals surface area contributed by atoms with Crippen LogP contribution in [0.25, 0.3) is 11.4 Å². The highest BCUT2D eigenvalue weighted by Gasteiger charge is 2.11. The molecule has 26 heavy (non-hydrogen) atoms. The van der Waals surface area contributed by atoms with Crippen molar-refractivity contribution in [2.75, 3.05) is 11.1 Å². The van der Waals surface area contributed by atoms with Crippen LogP contribution in [0, 0.1) is 17.1 Å². The molecule has 0 aliphatic carbocycles. The van der Waals surface area contributed by atoms with Crippen molar-refractivity contribution in [3.63, 3.8) is 0 Å². The number of thioether (sulfide) groups is 1. The van der Waals surface area contributed by atoms with E-state index in [-0.39, 0.29) is 11.7 Å². The first-order chi connectivity index (χ1) is 12.7. The van der Waals surface area contributed by atoms with Gasteiger partial charge in [-0.1, -0.05) is 23.9 Å². The third-order valence-electron chi connectivity index (χ3n) is 3.36. The van der Waals surface area contributed by atoms with E-state index >= 15 is 0 Å². The Morgan fingerprint density at radius 1 is 1.15 bits per heavy atom. The molecule has 0 saturated heterocycles. The van der Waals surface area contributed by atoms with Crippen LogP contribution in [0.1, 0.15) is 5.56 Å². The normalized spacial score (nSPS) is 10.2. The van der Waals surface area contributed by atoms with Gasteiger partial charge in [-0.3, -0.25) is 9.78 Å². The largest absolute Gasteiger partial charge is 0.325 e. The Hall–Kier alpha value is -3.24. The number of nitriles is 1. The highest BCUT2D eigenvalue weighted by Crippen LogP contribution is 2.24. The molecule has 3 aromatic rings. The van der Waals surface area contributed by atoms with Gasteiger partial charge in [-0.05, 0) is 42.5 Å². The summed E-state index contributed by atoms with van der Waals surface area (Å²) in [6.45, 7) is 0. The summed E-state index contributed by atoms with van der Waals surface area (Å²) in [5, 5.41) is 12.3. The van der Waals surface area contributed by atoms with E-state index < -0.39 is 5.82 Å². The first kappa shape index (κ1) is 17.6. The Labute approximate surface area is 153 Å². The maximum atomic E-state index is 13.2. The molecular formula is C19H13FN4OS. The van der Waals surface area contributed by atoms with Crippen molar-refractivity contribution in [2.24, 2.45) is 0 Å². The Kier molecular flexibility index (Phi) is 5.56. The van der Waals surface area contributed by atoms with E-state index in [0.29, 0.717) is 27.7 Å². The van der Waals surface area contributed by atoms with Gasteiger partial charge in [0.05, 0.1) is 22.7 Å². The lowest BCUT2D eigenvalue weighted by Gasteiger charge is -2.07. The molecule has 1 aromatic carbocycles. The highest BCUT2D eigenvalue weighted by molar-refractivity contribution is 8.00. The van der Waals surface area contributed by atoms with Crippen molar-refractivity contribution in [1.82, 2.24) is 9.97 Å². The van der Waals surface area contributed by atoms with Crippen molar-refractivity contribution in [2.45, 2.75) is 5.03 Å². The fourth-order valence-corrected chi connectivity index (χ4v) is 2.96. The predicted octanol–water partition coefficient (Wildman–Crippen LogP) is 3.89. The number of aromatic nitrogens is 2. The Bertz CT molecular complexity index is 973. The molecular weight excluding hydrogens is 351 g/mol. The monoisotopic (exact) mass is 364 g/mol. The van der Waals surface area contributed by atoms with Crippen molar-refractivity contribution < 1.29 is 9.18 Å². The second kappa shape index (κ2) is 8.23. The summed E-state index contributed by atoms with van der Waals surface area (Å²) < 4.78 is 13.2. The molecule has 0 atom stereocenters. The molecule has 0 unspecified atom stereocenters. The summed E-state index contributed by atoms with van der Waals surface area (Å²) in [7, 11) is 0. The number of carbonyl (C=O) groups excluding carboxylic acids is 1. The van der Waals surface area contributed by atoms with Crippen LogP contribution in [0.2, 0.25) is 0 Å². The van der Waals surface area contributed by atoms with E-state index in [0.717, 1.165) is 11.8 Å². The fraction of sp³-hybridized carbons (Fsp3) is 0.0526. The number of pyridine rings is 2. The van der Waals surface area contributed by atoms with Gasteiger partial charge in [-0.15, -0.1) is 0 Å². The Morgan fingerprint density at radius 3 is 2.77 bits per heavy atom. The van der Waals surface area contributed by atoms with Crippen LogP contribution in [-0.4, -0.2) is 21.6 Å². The molecule has 0 spiro atoms. The quantitative estimate of drug-likeness (QED) is 0.695. The number of hydrogen-bond acceptors (Lipinski definition) is 5. The minimum atomic E-state index is -0.424. The molecule has 128 valence electrons. The van der Waals surface area contributed by atoms with Gasteiger partial charge in [0.2, 0.25) is 5.91 Å². The fourth-order valence-electron chi connectivity index (χ4n) is 2.19. The van der Waals surface area contributed by atoms with E-state index in [1.54, 1.807) is 30.5 Å². The lowest BCUT2D eigenvalue weighted by Crippen LogP contribution is -2.14. The molecule has 3 rings (SSSR count). The van der Waals surface area contributed by atoms with Crippen molar-refractivity contribution in [3.05, 3.63) is 72.2 Å². The van der Waals surface area contributed by atoms with Crippen LogP contribution in [0.4, 0.5) is 10.1 Å². The molecule has 2 aromatic heterocycles. The van der Waals surface area contributed by atoms with Crippen LogP contribution in [0.3, 0.4) is 0 Å². The number of nitrogens with one attached hydrogen (secondary N) is 1. The molecule has 0 fully saturated rings. The number of anilines is 1. The van der Waals surface area contributed by atoms with Gasteiger partial charge in [0, 0.05) is 11.9 Å². The second-order valence-corrected chi connectivity index (χ2v) is 6.19. The molecule has 7 heteroatoms. The summed E-state index contributed by atoms with van der Waals surface area (Å²) in [4.78, 5) is 20.8. The topological polar surface area (TPSA) is 78.7 Å². The van der Waals surface area contributed by atoms with Crippen molar-refractivity contribution in [3.8, 4) is 17.5 Å². The van der Waals surface area contributed by atoms with E-state index in [1.807, 2.05) is 12.1 Å². The number of carbonyl (C=O) groups is 1. The molecule has 0 radical (unpaired) electrons. The summed E-state index contributed by atoms with van der Waals surface area (Å²) in [5.41, 5.74) is 2.07. The van der Waals surface area contributed by atoms with Crippen molar-refractivity contribution >= 4 is 23.4 Å². The van der Waals surface area contributed by atoms with E-state index in [9.17, 15) is 14.4 Å². The molecule has 0 aliphatic rings. The number of nitrogens with zero attached hydrogens (tertiary/aromatic N) is 3. The molecule has 0 bridgehead atoms. The van der Waals surface area contributed by atoms with Gasteiger partial charge >= 0.3 is 0 Å². The first-order valence-electron chi connectivity index (χ1n) is 7.66. The van der Waals surface area contributed by atoms with Crippen molar-refractivity contribution in [1.29, 1.82) is 5.26 Å². The number of rotatable bonds is 5. The van der Waals surface area contributed by atoms with Crippen LogP contribution < -0.4 is 5.32 Å². The lowest BCUT2D eigenvalue weighted by atomic mass is 10.2. The molecule has 2 heterocycles. The average Bonchev–Trinajstić information content (AvgIpc) is 2.67. The van der Waals surface area contributed by atoms with Crippen LogP contribution >= 0.6 is 11.8 Å². The summed E-state index contributed by atoms with van der Waals surface area (Å²) in [6, 6.07) is 16.6. The molecule has 1 N–H and O–H groups in total. The standard InChI is InChI=1S/C19H13FN4OS/c20-14-4-3-5-15(10-14)23-18(25)12-26-19-13(11-21)7-8-17(24-19)16-6-1-2-9-22-16/h1-10H,12H2,(H,23,25). The third-order valence-corrected chi connectivity index (χ3v) is 4.35. The van der Waals surface area contributed by atoms with Crippen LogP contribution in [0.5, 0.6) is 0 Å². The smallest absolute Gasteiger partial charge is 0.234 e. The number of halogens is 1. The summed E-state index contributed by atoms with van der Waals surface area (Å²) in [5.74, 6) is -0.689. The Balaban J connectivity index is 1.72. The summed E-state index contributed by atoms with van der Waals surface area (Å²) in [6.07, 6.45) is 1.66.